The Balaban J connectivity index is 0.00000127. The zero-order valence-electron chi connectivity index (χ0n) is 22.4. The van der Waals surface area contributed by atoms with Gasteiger partial charge in [-0.3, -0.25) is 9.78 Å². The van der Waals surface area contributed by atoms with E-state index in [1.807, 2.05) is 0 Å². The number of esters is 1. The third kappa shape index (κ3) is 11.8. The monoisotopic (exact) mass is 624 g/mol. The van der Waals surface area contributed by atoms with Crippen LogP contribution in [0.15, 0.2) is 17.0 Å². The first-order valence-electron chi connectivity index (χ1n) is 13.9. The van der Waals surface area contributed by atoms with Gasteiger partial charge in [0.25, 0.3) is 0 Å². The molecule has 0 spiro atoms. The maximum absolute atomic E-state index is 12.2. The second-order valence-corrected chi connectivity index (χ2v) is 13.0. The van der Waals surface area contributed by atoms with Gasteiger partial charge >= 0.3 is 39.3 Å². The quantitative estimate of drug-likeness (QED) is 0.138. The molecule has 2 aliphatic carbocycles. The van der Waals surface area contributed by atoms with Crippen LogP contribution in [0.3, 0.4) is 0 Å². The Morgan fingerprint density at radius 3 is 1.87 bits per heavy atom. The summed E-state index contributed by atoms with van der Waals surface area (Å²) >= 11 is 1.53. The third-order valence-corrected chi connectivity index (χ3v) is 8.16. The number of rotatable bonds is 6. The molecule has 1 aromatic heterocycles. The van der Waals surface area contributed by atoms with Gasteiger partial charge < -0.3 is 26.0 Å². The molecule has 4 rings (SSSR count). The zero-order chi connectivity index (χ0) is 27.0. The van der Waals surface area contributed by atoms with Crippen LogP contribution in [0, 0.1) is 0 Å². The van der Waals surface area contributed by atoms with Crippen molar-refractivity contribution in [2.45, 2.75) is 113 Å². The Morgan fingerprint density at radius 2 is 1.39 bits per heavy atom. The number of unbranched alkanes of at least 4 members (excludes halogenated alkanes) is 1. The minimum atomic E-state index is -0.158. The molecule has 0 N–H and O–H groups in total. The van der Waals surface area contributed by atoms with E-state index in [4.69, 9.17) is 51.2 Å². The topological polar surface area (TPSA) is 95.6 Å². The minimum absolute atomic E-state index is 0.00694. The Kier molecular flexibility index (Phi) is 16.3. The van der Waals surface area contributed by atoms with Crippen molar-refractivity contribution in [1.82, 2.24) is 4.98 Å². The van der Waals surface area contributed by atoms with Crippen LogP contribution in [0.25, 0.3) is 21.3 Å². The number of carbonyl (C=O) groups is 1. The molecule has 0 amide bonds. The van der Waals surface area contributed by atoms with Gasteiger partial charge in [-0.15, -0.1) is 24.9 Å². The van der Waals surface area contributed by atoms with E-state index in [-0.39, 0.29) is 31.2 Å². The van der Waals surface area contributed by atoms with Crippen LogP contribution in [-0.4, -0.2) is 60.6 Å². The predicted octanol–water partition coefficient (Wildman–Crippen LogP) is 8.02. The second-order valence-electron chi connectivity index (χ2n) is 10.0. The van der Waals surface area contributed by atoms with Crippen molar-refractivity contribution in [1.29, 1.82) is 0 Å². The summed E-state index contributed by atoms with van der Waals surface area (Å²) in [5.41, 5.74) is 1.92. The molecule has 2 unspecified atom stereocenters. The first kappa shape index (κ1) is 32.4. The number of aromatic nitrogens is 1. The van der Waals surface area contributed by atoms with E-state index in [1.54, 1.807) is 0 Å². The maximum atomic E-state index is 12.2. The normalized spacial score (nSPS) is 26.4. The molecule has 217 valence electrons. The van der Waals surface area contributed by atoms with Crippen LogP contribution in [-0.2, 0) is 35.8 Å². The standard InChI is InChI=1S/C27H41N5O2S.2ClH.Mn/c1-2-3-14-34-27(33)19-35-22-15-20-17-30-25-10-6-4-8-23(25)28-12-13-29-24-9-5-7-11-26(24)31-18-21(16-22)32-20;;;/h15-16,23-26H,2-14,17-19H2,1H3;2*1H;/q-4;;;+2/p-2/t23-,24?,25-,26?;;;/m1.../s1. The van der Waals surface area contributed by atoms with Crippen LogP contribution in [0.5, 0.6) is 0 Å². The summed E-state index contributed by atoms with van der Waals surface area (Å²) in [6, 6.07) is 5.34. The average molecular weight is 626 g/mol. The number of carbonyl (C=O) groups excluding carboxylic acids is 1. The number of halogens is 2. The van der Waals surface area contributed by atoms with Crippen molar-refractivity contribution in [2.75, 3.05) is 25.4 Å². The van der Waals surface area contributed by atoms with E-state index < -0.39 is 0 Å². The molecule has 0 saturated heterocycles. The average Bonchev–Trinajstić information content (AvgIpc) is 2.93. The number of fused-ring (bicyclic) bond motifs is 4. The van der Waals surface area contributed by atoms with E-state index in [2.05, 4.69) is 19.1 Å². The van der Waals surface area contributed by atoms with Gasteiger partial charge in [0, 0.05) is 16.3 Å². The van der Waals surface area contributed by atoms with Gasteiger partial charge in [-0.1, -0.05) is 64.7 Å². The predicted molar refractivity (Wildman–Crippen MR) is 155 cm³/mol. The Labute approximate surface area is 248 Å². The Morgan fingerprint density at radius 1 is 0.921 bits per heavy atom. The number of ether oxygens (including phenoxy) is 1. The van der Waals surface area contributed by atoms with E-state index in [0.717, 1.165) is 67.9 Å². The summed E-state index contributed by atoms with van der Waals surface area (Å²) in [6.07, 6.45) is 11.3. The number of hydrogen-bond acceptors (Lipinski definition) is 4. The summed E-state index contributed by atoms with van der Waals surface area (Å²) < 4.78 is 5.34. The summed E-state index contributed by atoms with van der Waals surface area (Å²) in [6.45, 7) is 5.39. The zero-order valence-corrected chi connectivity index (χ0v) is 25.9. The molecule has 38 heavy (non-hydrogen) atoms. The molecule has 3 aliphatic rings. The summed E-state index contributed by atoms with van der Waals surface area (Å²) in [4.78, 5) is 18.1. The molecule has 2 bridgehead atoms. The second kappa shape index (κ2) is 19.1. The van der Waals surface area contributed by atoms with Gasteiger partial charge in [0.2, 0.25) is 0 Å². The molecule has 2 saturated carbocycles. The van der Waals surface area contributed by atoms with Crippen molar-refractivity contribution in [2.24, 2.45) is 0 Å². The van der Waals surface area contributed by atoms with Crippen LogP contribution in [0.1, 0.15) is 82.5 Å². The SMILES string of the molecule is CCCCOC(=O)CSc1cc2nc(c1)C[N-][C@@H]1CCCC[C@H]1[N-]CC[N-]C1CCCCC1[N-]C2.[Cl][Mn][Cl]. The van der Waals surface area contributed by atoms with Gasteiger partial charge in [0.1, 0.15) is 0 Å². The van der Waals surface area contributed by atoms with Crippen LogP contribution in [0.2, 0.25) is 0 Å². The van der Waals surface area contributed by atoms with Crippen molar-refractivity contribution < 1.29 is 22.7 Å². The summed E-state index contributed by atoms with van der Waals surface area (Å²) in [5, 5.41) is 20.2. The van der Waals surface area contributed by atoms with Gasteiger partial charge in [-0.2, -0.15) is 37.3 Å². The fourth-order valence-corrected chi connectivity index (χ4v) is 6.09. The molecule has 1 aromatic rings. The van der Waals surface area contributed by atoms with E-state index in [0.29, 0.717) is 37.5 Å². The number of thioether (sulfide) groups is 1. The first-order valence-corrected chi connectivity index (χ1v) is 18.2. The Bertz CT molecular complexity index is 779. The van der Waals surface area contributed by atoms with Crippen LogP contribution in [0.4, 0.5) is 0 Å². The molecule has 2 heterocycles. The third-order valence-electron chi connectivity index (χ3n) is 7.21. The first-order chi connectivity index (χ1) is 18.6. The van der Waals surface area contributed by atoms with Crippen LogP contribution < -0.4 is 0 Å². The molecule has 7 nitrogen and oxygen atoms in total. The van der Waals surface area contributed by atoms with Crippen molar-refractivity contribution in [3.05, 3.63) is 44.8 Å². The van der Waals surface area contributed by atoms with Crippen LogP contribution >= 0.6 is 32.0 Å². The number of nitrogens with zero attached hydrogens (tertiary/aromatic N) is 5. The van der Waals surface area contributed by atoms with Gasteiger partial charge in [0.05, 0.1) is 12.4 Å². The fraction of sp³-hybridized carbons (Fsp3) is 0.778. The van der Waals surface area contributed by atoms with Crippen molar-refractivity contribution in [3.63, 3.8) is 0 Å². The van der Waals surface area contributed by atoms with E-state index >= 15 is 0 Å². The molecule has 0 aromatic carbocycles. The number of pyridine rings is 1. The van der Waals surface area contributed by atoms with E-state index in [9.17, 15) is 4.79 Å². The van der Waals surface area contributed by atoms with Gasteiger partial charge in [0.15, 0.2) is 0 Å². The summed E-state index contributed by atoms with van der Waals surface area (Å²) in [7, 11) is 9.59. The fourth-order valence-electron chi connectivity index (χ4n) is 5.28. The van der Waals surface area contributed by atoms with Crippen molar-refractivity contribution >= 4 is 37.9 Å². The molecule has 1 aliphatic heterocycles. The van der Waals surface area contributed by atoms with E-state index in [1.165, 1.54) is 37.4 Å². The van der Waals surface area contributed by atoms with Gasteiger partial charge in [-0.25, -0.2) is 0 Å². The Hall–Kier alpha value is -0.0905. The summed E-state index contributed by atoms with van der Waals surface area (Å²) in [5.74, 6) is 0.156. The molecule has 11 heteroatoms. The molecule has 0 radical (unpaired) electrons. The molecule has 2 fully saturated rings. The number of hydrogen-bond donors (Lipinski definition) is 0. The molecular formula is C27H41Cl2MnN5O2S-4. The van der Waals surface area contributed by atoms with Gasteiger partial charge in [-0.05, 0) is 18.6 Å². The molecular weight excluding hydrogens is 584 g/mol. The molecule has 4 atom stereocenters. The van der Waals surface area contributed by atoms with Crippen molar-refractivity contribution in [3.8, 4) is 0 Å².